The predicted octanol–water partition coefficient (Wildman–Crippen LogP) is 3.18. The van der Waals surface area contributed by atoms with Crippen molar-refractivity contribution in [2.24, 2.45) is 5.92 Å². The fourth-order valence-corrected chi connectivity index (χ4v) is 3.83. The van der Waals surface area contributed by atoms with E-state index in [9.17, 15) is 9.59 Å². The minimum atomic E-state index is -0.752. The second-order valence-electron chi connectivity index (χ2n) is 5.86. The van der Waals surface area contributed by atoms with Crippen molar-refractivity contribution in [2.45, 2.75) is 51.4 Å². The van der Waals surface area contributed by atoms with Gasteiger partial charge in [-0.1, -0.05) is 6.92 Å². The molecule has 0 saturated heterocycles. The van der Waals surface area contributed by atoms with E-state index in [2.05, 4.69) is 16.8 Å². The number of carbonyl (C=O) groups is 2. The summed E-state index contributed by atoms with van der Waals surface area (Å²) >= 11 is 1.75. The van der Waals surface area contributed by atoms with Crippen molar-refractivity contribution in [3.05, 3.63) is 21.9 Å². The third-order valence-electron chi connectivity index (χ3n) is 4.16. The molecule has 1 aromatic rings. The first kappa shape index (κ1) is 16.0. The van der Waals surface area contributed by atoms with E-state index in [-0.39, 0.29) is 18.2 Å². The predicted molar refractivity (Wildman–Crippen MR) is 83.7 cm³/mol. The van der Waals surface area contributed by atoms with Crippen LogP contribution in [0.4, 0.5) is 0 Å². The SMILES string of the molecule is CC(CCNC(=O)C1CCCc2sccc21)CCC(=O)O. The summed E-state index contributed by atoms with van der Waals surface area (Å²) in [6, 6.07) is 2.08. The van der Waals surface area contributed by atoms with Gasteiger partial charge in [-0.2, -0.15) is 0 Å². The molecule has 0 fully saturated rings. The van der Waals surface area contributed by atoms with Gasteiger partial charge in [0.2, 0.25) is 5.91 Å². The van der Waals surface area contributed by atoms with Crippen LogP contribution in [0.5, 0.6) is 0 Å². The van der Waals surface area contributed by atoms with Crippen LogP contribution in [0, 0.1) is 5.92 Å². The average Bonchev–Trinajstić information content (AvgIpc) is 2.93. The van der Waals surface area contributed by atoms with E-state index in [1.165, 1.54) is 10.4 Å². The van der Waals surface area contributed by atoms with Gasteiger partial charge in [0.05, 0.1) is 5.92 Å². The molecule has 0 radical (unpaired) electrons. The van der Waals surface area contributed by atoms with Crippen molar-refractivity contribution in [2.75, 3.05) is 6.54 Å². The number of carboxylic acids is 1. The molecule has 0 aromatic carbocycles. The Morgan fingerprint density at radius 1 is 1.48 bits per heavy atom. The van der Waals surface area contributed by atoms with Crippen LogP contribution < -0.4 is 5.32 Å². The molecule has 0 aliphatic heterocycles. The molecule has 1 aliphatic rings. The molecule has 21 heavy (non-hydrogen) atoms. The van der Waals surface area contributed by atoms with Crippen molar-refractivity contribution < 1.29 is 14.7 Å². The molecule has 0 spiro atoms. The molecule has 1 aromatic heterocycles. The Kier molecular flexibility index (Phi) is 5.79. The van der Waals surface area contributed by atoms with Gasteiger partial charge in [0.25, 0.3) is 0 Å². The Hall–Kier alpha value is -1.36. The number of carbonyl (C=O) groups excluding carboxylic acids is 1. The summed E-state index contributed by atoms with van der Waals surface area (Å²) in [6.45, 7) is 2.67. The van der Waals surface area contributed by atoms with Crippen molar-refractivity contribution >= 4 is 23.2 Å². The van der Waals surface area contributed by atoms with Crippen LogP contribution >= 0.6 is 11.3 Å². The van der Waals surface area contributed by atoms with Crippen LogP contribution in [0.25, 0.3) is 0 Å². The Balaban J connectivity index is 1.75. The maximum atomic E-state index is 12.3. The van der Waals surface area contributed by atoms with E-state index in [1.807, 2.05) is 6.92 Å². The number of hydrogen-bond acceptors (Lipinski definition) is 3. The maximum absolute atomic E-state index is 12.3. The van der Waals surface area contributed by atoms with E-state index in [0.717, 1.165) is 25.7 Å². The lowest BCUT2D eigenvalue weighted by molar-refractivity contribution is -0.137. The molecular weight excluding hydrogens is 286 g/mol. The largest absolute Gasteiger partial charge is 0.481 e. The van der Waals surface area contributed by atoms with E-state index < -0.39 is 5.97 Å². The van der Waals surface area contributed by atoms with Crippen LogP contribution in [-0.4, -0.2) is 23.5 Å². The van der Waals surface area contributed by atoms with Gasteiger partial charge in [-0.25, -0.2) is 0 Å². The minimum Gasteiger partial charge on any atom is -0.481 e. The highest BCUT2D eigenvalue weighted by Crippen LogP contribution is 2.34. The van der Waals surface area contributed by atoms with Crippen LogP contribution in [0.1, 0.15) is 55.4 Å². The maximum Gasteiger partial charge on any atom is 0.303 e. The number of carboxylic acid groups (broad SMARTS) is 1. The van der Waals surface area contributed by atoms with Gasteiger partial charge < -0.3 is 10.4 Å². The highest BCUT2D eigenvalue weighted by Gasteiger charge is 2.26. The van der Waals surface area contributed by atoms with E-state index in [1.54, 1.807) is 11.3 Å². The number of amides is 1. The minimum absolute atomic E-state index is 0.00863. The molecule has 2 rings (SSSR count). The van der Waals surface area contributed by atoms with Crippen molar-refractivity contribution in [3.63, 3.8) is 0 Å². The first-order valence-electron chi connectivity index (χ1n) is 7.63. The van der Waals surface area contributed by atoms with Crippen molar-refractivity contribution in [1.29, 1.82) is 0 Å². The quantitative estimate of drug-likeness (QED) is 0.813. The molecule has 0 saturated carbocycles. The summed E-state index contributed by atoms with van der Waals surface area (Å²) in [7, 11) is 0. The van der Waals surface area contributed by atoms with E-state index in [4.69, 9.17) is 5.11 Å². The molecule has 116 valence electrons. The van der Waals surface area contributed by atoms with Gasteiger partial charge in [-0.15, -0.1) is 11.3 Å². The van der Waals surface area contributed by atoms with Crippen molar-refractivity contribution in [3.8, 4) is 0 Å². The highest BCUT2D eigenvalue weighted by molar-refractivity contribution is 7.10. The number of nitrogens with one attached hydrogen (secondary N) is 1. The standard InChI is InChI=1S/C16H23NO3S/c1-11(5-6-15(18)19)7-9-17-16(20)13-3-2-4-14-12(13)8-10-21-14/h8,10-11,13H,2-7,9H2,1H3,(H,17,20)(H,18,19). The smallest absolute Gasteiger partial charge is 0.303 e. The zero-order chi connectivity index (χ0) is 15.2. The van der Waals surface area contributed by atoms with Gasteiger partial charge in [-0.05, 0) is 55.0 Å². The normalized spacial score (nSPS) is 18.8. The summed E-state index contributed by atoms with van der Waals surface area (Å²) in [4.78, 5) is 24.2. The Bertz CT molecular complexity index is 497. The molecule has 1 amide bonds. The Labute approximate surface area is 129 Å². The summed E-state index contributed by atoms with van der Waals surface area (Å²) < 4.78 is 0. The molecule has 4 nitrogen and oxygen atoms in total. The summed E-state index contributed by atoms with van der Waals surface area (Å²) in [5.41, 5.74) is 1.21. The van der Waals surface area contributed by atoms with E-state index in [0.29, 0.717) is 18.9 Å². The Morgan fingerprint density at radius 2 is 2.29 bits per heavy atom. The van der Waals surface area contributed by atoms with Crippen LogP contribution in [0.15, 0.2) is 11.4 Å². The first-order chi connectivity index (χ1) is 10.1. The third kappa shape index (κ3) is 4.56. The summed E-state index contributed by atoms with van der Waals surface area (Å²) in [6.07, 6.45) is 4.83. The molecule has 1 aliphatic carbocycles. The van der Waals surface area contributed by atoms with Crippen LogP contribution in [-0.2, 0) is 16.0 Å². The lowest BCUT2D eigenvalue weighted by Crippen LogP contribution is -2.32. The molecule has 2 N–H and O–H groups in total. The fourth-order valence-electron chi connectivity index (χ4n) is 2.84. The lowest BCUT2D eigenvalue weighted by Gasteiger charge is -2.22. The first-order valence-corrected chi connectivity index (χ1v) is 8.51. The summed E-state index contributed by atoms with van der Waals surface area (Å²) in [5, 5.41) is 13.7. The van der Waals surface area contributed by atoms with Crippen LogP contribution in [0.3, 0.4) is 0 Å². The number of fused-ring (bicyclic) bond motifs is 1. The van der Waals surface area contributed by atoms with Gasteiger partial charge in [0.1, 0.15) is 0 Å². The molecule has 0 bridgehead atoms. The van der Waals surface area contributed by atoms with Gasteiger partial charge in [-0.3, -0.25) is 9.59 Å². The summed E-state index contributed by atoms with van der Waals surface area (Å²) in [5.74, 6) is -0.295. The molecule has 5 heteroatoms. The zero-order valence-electron chi connectivity index (χ0n) is 12.4. The lowest BCUT2D eigenvalue weighted by atomic mass is 9.87. The van der Waals surface area contributed by atoms with Gasteiger partial charge in [0, 0.05) is 17.8 Å². The third-order valence-corrected chi connectivity index (χ3v) is 5.15. The molecule has 2 atom stereocenters. The number of aliphatic carboxylic acids is 1. The van der Waals surface area contributed by atoms with Gasteiger partial charge in [0.15, 0.2) is 0 Å². The fraction of sp³-hybridized carbons (Fsp3) is 0.625. The van der Waals surface area contributed by atoms with Crippen molar-refractivity contribution in [1.82, 2.24) is 5.32 Å². The topological polar surface area (TPSA) is 66.4 Å². The number of aryl methyl sites for hydroxylation is 1. The van der Waals surface area contributed by atoms with E-state index >= 15 is 0 Å². The van der Waals surface area contributed by atoms with Crippen LogP contribution in [0.2, 0.25) is 0 Å². The Morgan fingerprint density at radius 3 is 3.05 bits per heavy atom. The average molecular weight is 309 g/mol. The molecule has 2 unspecified atom stereocenters. The second-order valence-corrected chi connectivity index (χ2v) is 6.86. The number of rotatable bonds is 7. The molecule has 1 heterocycles. The number of thiophene rings is 1. The monoisotopic (exact) mass is 309 g/mol. The highest BCUT2D eigenvalue weighted by atomic mass is 32.1. The zero-order valence-corrected chi connectivity index (χ0v) is 13.2. The molecular formula is C16H23NO3S. The number of hydrogen-bond donors (Lipinski definition) is 2. The second kappa shape index (κ2) is 7.59. The van der Waals surface area contributed by atoms with Gasteiger partial charge >= 0.3 is 5.97 Å².